The largest absolute Gasteiger partial charge is 0.380 e. The minimum absolute atomic E-state index is 0.177. The zero-order chi connectivity index (χ0) is 17.5. The van der Waals surface area contributed by atoms with Crippen LogP contribution in [0.25, 0.3) is 0 Å². The van der Waals surface area contributed by atoms with Crippen LogP contribution in [0.3, 0.4) is 0 Å². The minimum atomic E-state index is -0.177. The van der Waals surface area contributed by atoms with Crippen LogP contribution in [-0.2, 0) is 11.2 Å². The molecule has 25 heavy (non-hydrogen) atoms. The number of carbonyl (C=O) groups is 1. The molecular formula is C20H25N3O2. The Bertz CT molecular complexity index is 673. The van der Waals surface area contributed by atoms with Gasteiger partial charge in [0.25, 0.3) is 0 Å². The molecule has 0 bridgehead atoms. The molecule has 2 N–H and O–H groups in total. The average molecular weight is 339 g/mol. The Hall–Kier alpha value is -2.53. The first-order chi connectivity index (χ1) is 12.2. The third-order valence-electron chi connectivity index (χ3n) is 4.51. The van der Waals surface area contributed by atoms with E-state index in [0.29, 0.717) is 12.6 Å². The summed E-state index contributed by atoms with van der Waals surface area (Å²) < 4.78 is 5.40. The van der Waals surface area contributed by atoms with Gasteiger partial charge in [-0.05, 0) is 42.7 Å². The molecule has 0 aliphatic carbocycles. The van der Waals surface area contributed by atoms with Crippen molar-refractivity contribution in [2.24, 2.45) is 0 Å². The van der Waals surface area contributed by atoms with Crippen molar-refractivity contribution in [1.82, 2.24) is 5.32 Å². The zero-order valence-electron chi connectivity index (χ0n) is 14.6. The van der Waals surface area contributed by atoms with Gasteiger partial charge < -0.3 is 20.3 Å². The topological polar surface area (TPSA) is 53.6 Å². The summed E-state index contributed by atoms with van der Waals surface area (Å²) in [5.74, 6) is 0. The molecule has 5 heteroatoms. The second-order valence-corrected chi connectivity index (χ2v) is 6.26. The van der Waals surface area contributed by atoms with Gasteiger partial charge in [-0.15, -0.1) is 0 Å². The Balaban J connectivity index is 1.44. The molecule has 2 aromatic rings. The Morgan fingerprint density at radius 2 is 1.92 bits per heavy atom. The lowest BCUT2D eigenvalue weighted by Gasteiger charge is -2.18. The molecule has 2 aromatic carbocycles. The first kappa shape index (κ1) is 17.3. The van der Waals surface area contributed by atoms with Crippen molar-refractivity contribution in [3.63, 3.8) is 0 Å². The van der Waals surface area contributed by atoms with Crippen LogP contribution in [0, 0.1) is 0 Å². The first-order valence-electron chi connectivity index (χ1n) is 8.71. The molecule has 5 nitrogen and oxygen atoms in total. The number of methoxy groups -OCH3 is 1. The number of amides is 2. The van der Waals surface area contributed by atoms with E-state index in [1.165, 1.54) is 5.56 Å². The van der Waals surface area contributed by atoms with Gasteiger partial charge in [0, 0.05) is 38.1 Å². The number of ether oxygens (including phenoxy) is 1. The molecule has 2 amide bonds. The average Bonchev–Trinajstić information content (AvgIpc) is 3.12. The summed E-state index contributed by atoms with van der Waals surface area (Å²) >= 11 is 0. The number of carbonyl (C=O) groups excluding carboxylic acids is 1. The molecule has 132 valence electrons. The van der Waals surface area contributed by atoms with Crippen LogP contribution in [0.2, 0.25) is 0 Å². The molecule has 1 aliphatic rings. The van der Waals surface area contributed by atoms with Gasteiger partial charge in [0.1, 0.15) is 0 Å². The maximum atomic E-state index is 12.0. The Labute approximate surface area is 149 Å². The Morgan fingerprint density at radius 3 is 2.60 bits per heavy atom. The Kier molecular flexibility index (Phi) is 5.90. The van der Waals surface area contributed by atoms with E-state index in [1.54, 1.807) is 7.11 Å². The quantitative estimate of drug-likeness (QED) is 0.849. The summed E-state index contributed by atoms with van der Waals surface area (Å²) in [4.78, 5) is 14.3. The van der Waals surface area contributed by atoms with Crippen molar-refractivity contribution < 1.29 is 9.53 Å². The van der Waals surface area contributed by atoms with Gasteiger partial charge in [-0.3, -0.25) is 0 Å². The highest BCUT2D eigenvalue weighted by Gasteiger charge is 2.21. The molecule has 0 radical (unpaired) electrons. The van der Waals surface area contributed by atoms with Gasteiger partial charge >= 0.3 is 6.03 Å². The smallest absolute Gasteiger partial charge is 0.319 e. The van der Waals surface area contributed by atoms with E-state index in [1.807, 2.05) is 42.5 Å². The monoisotopic (exact) mass is 339 g/mol. The van der Waals surface area contributed by atoms with E-state index in [4.69, 9.17) is 4.74 Å². The fraction of sp³-hybridized carbons (Fsp3) is 0.350. The normalized spacial score (nSPS) is 16.7. The van der Waals surface area contributed by atoms with Crippen molar-refractivity contribution >= 4 is 17.4 Å². The van der Waals surface area contributed by atoms with Gasteiger partial charge in [-0.1, -0.05) is 30.3 Å². The number of urea groups is 1. The number of nitrogens with one attached hydrogen (secondary N) is 2. The fourth-order valence-corrected chi connectivity index (χ4v) is 3.05. The summed E-state index contributed by atoms with van der Waals surface area (Å²) in [5, 5.41) is 5.76. The van der Waals surface area contributed by atoms with Crippen molar-refractivity contribution in [2.75, 3.05) is 37.0 Å². The zero-order valence-corrected chi connectivity index (χ0v) is 14.6. The fourth-order valence-electron chi connectivity index (χ4n) is 3.05. The molecule has 1 aliphatic heterocycles. The third kappa shape index (κ3) is 4.97. The number of benzene rings is 2. The Morgan fingerprint density at radius 1 is 1.16 bits per heavy atom. The van der Waals surface area contributed by atoms with Crippen LogP contribution in [0.5, 0.6) is 0 Å². The van der Waals surface area contributed by atoms with Crippen LogP contribution < -0.4 is 15.5 Å². The molecule has 1 saturated heterocycles. The predicted molar refractivity (Wildman–Crippen MR) is 101 cm³/mol. The van der Waals surface area contributed by atoms with E-state index in [-0.39, 0.29) is 6.03 Å². The van der Waals surface area contributed by atoms with Crippen molar-refractivity contribution in [3.8, 4) is 0 Å². The second kappa shape index (κ2) is 8.53. The minimum Gasteiger partial charge on any atom is -0.380 e. The predicted octanol–water partition coefficient (Wildman–Crippen LogP) is 3.28. The molecule has 1 atom stereocenters. The molecule has 0 spiro atoms. The lowest BCUT2D eigenvalue weighted by atomic mass is 10.1. The maximum Gasteiger partial charge on any atom is 0.319 e. The second-order valence-electron chi connectivity index (χ2n) is 6.26. The van der Waals surface area contributed by atoms with Crippen molar-refractivity contribution in [3.05, 3.63) is 60.2 Å². The molecule has 1 fully saturated rings. The van der Waals surface area contributed by atoms with E-state index in [9.17, 15) is 4.79 Å². The van der Waals surface area contributed by atoms with Crippen LogP contribution in [0.1, 0.15) is 12.0 Å². The van der Waals surface area contributed by atoms with Gasteiger partial charge in [-0.25, -0.2) is 4.79 Å². The van der Waals surface area contributed by atoms with Crippen molar-refractivity contribution in [2.45, 2.75) is 18.9 Å². The molecule has 1 heterocycles. The molecule has 0 aromatic heterocycles. The van der Waals surface area contributed by atoms with Gasteiger partial charge in [0.2, 0.25) is 0 Å². The van der Waals surface area contributed by atoms with E-state index < -0.39 is 0 Å². The lowest BCUT2D eigenvalue weighted by Crippen LogP contribution is -2.30. The third-order valence-corrected chi connectivity index (χ3v) is 4.51. The first-order valence-corrected chi connectivity index (χ1v) is 8.71. The molecule has 3 rings (SSSR count). The summed E-state index contributed by atoms with van der Waals surface area (Å²) in [5.41, 5.74) is 3.17. The SMILES string of the molecule is CO[C@H]1CCN(c2ccc(NC(=O)NCCc3ccccc3)cc2)C1. The van der Waals surface area contributed by atoms with Crippen molar-refractivity contribution in [1.29, 1.82) is 0 Å². The van der Waals surface area contributed by atoms with E-state index >= 15 is 0 Å². The van der Waals surface area contributed by atoms with Crippen LogP contribution in [0.4, 0.5) is 16.2 Å². The molecule has 0 unspecified atom stereocenters. The summed E-state index contributed by atoms with van der Waals surface area (Å²) in [7, 11) is 1.76. The lowest BCUT2D eigenvalue weighted by molar-refractivity contribution is 0.121. The molecule has 0 saturated carbocycles. The van der Waals surface area contributed by atoms with E-state index in [0.717, 1.165) is 37.3 Å². The highest BCUT2D eigenvalue weighted by Crippen LogP contribution is 2.23. The summed E-state index contributed by atoms with van der Waals surface area (Å²) in [6.45, 7) is 2.54. The summed E-state index contributed by atoms with van der Waals surface area (Å²) in [6, 6.07) is 17.9. The molecular weight excluding hydrogens is 314 g/mol. The number of nitrogens with zero attached hydrogens (tertiary/aromatic N) is 1. The highest BCUT2D eigenvalue weighted by atomic mass is 16.5. The maximum absolute atomic E-state index is 12.0. The van der Waals surface area contributed by atoms with E-state index in [2.05, 4.69) is 27.7 Å². The van der Waals surface area contributed by atoms with Gasteiger partial charge in [0.15, 0.2) is 0 Å². The number of hydrogen-bond acceptors (Lipinski definition) is 3. The van der Waals surface area contributed by atoms with Crippen LogP contribution >= 0.6 is 0 Å². The van der Waals surface area contributed by atoms with Crippen LogP contribution in [-0.4, -0.2) is 38.9 Å². The number of anilines is 2. The standard InChI is InChI=1S/C20H25N3O2/c1-25-19-12-14-23(15-19)18-9-7-17(8-10-18)22-20(24)21-13-11-16-5-3-2-4-6-16/h2-10,19H,11-15H2,1H3,(H2,21,22,24)/t19-/m0/s1. The number of hydrogen-bond donors (Lipinski definition) is 2. The van der Waals surface area contributed by atoms with Gasteiger partial charge in [-0.2, -0.15) is 0 Å². The summed E-state index contributed by atoms with van der Waals surface area (Å²) in [6.07, 6.45) is 2.19. The van der Waals surface area contributed by atoms with Crippen LogP contribution in [0.15, 0.2) is 54.6 Å². The number of rotatable bonds is 6. The highest BCUT2D eigenvalue weighted by molar-refractivity contribution is 5.89. The van der Waals surface area contributed by atoms with Gasteiger partial charge in [0.05, 0.1) is 6.10 Å².